The van der Waals surface area contributed by atoms with Crippen LogP contribution in [0.4, 0.5) is 13.2 Å². The molecule has 8 heteroatoms. The van der Waals surface area contributed by atoms with Crippen LogP contribution in [0.25, 0.3) is 0 Å². The second-order valence-electron chi connectivity index (χ2n) is 6.36. The number of rotatable bonds is 10. The van der Waals surface area contributed by atoms with E-state index in [-0.39, 0.29) is 5.56 Å². The summed E-state index contributed by atoms with van der Waals surface area (Å²) in [5, 5.41) is 2.18. The molecule has 0 saturated carbocycles. The zero-order valence-electron chi connectivity index (χ0n) is 15.9. The fraction of sp³-hybridized carbons (Fsp3) is 0.500. The number of aromatic nitrogens is 1. The third kappa shape index (κ3) is 4.91. The number of nitrogens with zero attached hydrogens (tertiary/aromatic N) is 1. The highest BCUT2D eigenvalue weighted by molar-refractivity contribution is 7.09. The van der Waals surface area contributed by atoms with Gasteiger partial charge in [-0.3, -0.25) is 0 Å². The predicted molar refractivity (Wildman–Crippen MR) is 101 cm³/mol. The summed E-state index contributed by atoms with van der Waals surface area (Å²) in [6.45, 7) is 2.06. The summed E-state index contributed by atoms with van der Waals surface area (Å²) in [5.41, 5.74) is -3.51. The van der Waals surface area contributed by atoms with Gasteiger partial charge in [0.05, 0.1) is 0 Å². The van der Waals surface area contributed by atoms with Gasteiger partial charge in [-0.2, -0.15) is 13.2 Å². The zero-order chi connectivity index (χ0) is 20.6. The minimum atomic E-state index is -4.99. The van der Waals surface area contributed by atoms with Gasteiger partial charge in [-0.25, -0.2) is 9.78 Å². The Kier molecular flexibility index (Phi) is 8.00. The summed E-state index contributed by atoms with van der Waals surface area (Å²) in [7, 11) is 0.862. The number of methoxy groups -OCH3 is 1. The number of benzene rings is 1. The fourth-order valence-electron chi connectivity index (χ4n) is 2.98. The van der Waals surface area contributed by atoms with E-state index in [1.54, 1.807) is 11.4 Å². The highest BCUT2D eigenvalue weighted by Gasteiger charge is 2.64. The van der Waals surface area contributed by atoms with E-state index in [1.807, 2.05) is 0 Å². The fourth-order valence-corrected chi connectivity index (χ4v) is 3.68. The van der Waals surface area contributed by atoms with Crippen molar-refractivity contribution in [3.8, 4) is 0 Å². The van der Waals surface area contributed by atoms with Crippen LogP contribution in [0.15, 0.2) is 41.9 Å². The van der Waals surface area contributed by atoms with Gasteiger partial charge in [-0.15, -0.1) is 11.3 Å². The van der Waals surface area contributed by atoms with E-state index in [9.17, 15) is 18.0 Å². The maximum Gasteiger partial charge on any atom is 0.432 e. The molecule has 0 aliphatic carbocycles. The van der Waals surface area contributed by atoms with Crippen molar-refractivity contribution >= 4 is 17.3 Å². The Balaban J connectivity index is 2.31. The van der Waals surface area contributed by atoms with E-state index < -0.39 is 23.9 Å². The van der Waals surface area contributed by atoms with Gasteiger partial charge in [0.2, 0.25) is 0 Å². The van der Waals surface area contributed by atoms with Gasteiger partial charge >= 0.3 is 12.1 Å². The highest BCUT2D eigenvalue weighted by atomic mass is 32.1. The van der Waals surface area contributed by atoms with E-state index in [1.165, 1.54) is 41.8 Å². The Morgan fingerprint density at radius 2 is 1.89 bits per heavy atom. The molecular formula is C20H24F3NO3S. The third-order valence-corrected chi connectivity index (χ3v) is 5.34. The van der Waals surface area contributed by atoms with Crippen molar-refractivity contribution in [2.75, 3.05) is 7.11 Å². The molecule has 154 valence electrons. The number of ether oxygens (including phenoxy) is 2. The Morgan fingerprint density at radius 1 is 1.18 bits per heavy atom. The molecule has 1 aromatic heterocycles. The first-order valence-electron chi connectivity index (χ1n) is 9.14. The molecule has 28 heavy (non-hydrogen) atoms. The van der Waals surface area contributed by atoms with Crippen LogP contribution in [-0.4, -0.2) is 24.2 Å². The molecule has 0 N–H and O–H groups in total. The lowest BCUT2D eigenvalue weighted by Crippen LogP contribution is -2.52. The van der Waals surface area contributed by atoms with Crippen molar-refractivity contribution in [3.05, 3.63) is 52.5 Å². The molecule has 2 aromatic rings. The number of hydrogen-bond donors (Lipinski definition) is 0. The number of thiazole rings is 1. The zero-order valence-corrected chi connectivity index (χ0v) is 16.7. The average Bonchev–Trinajstić information content (AvgIpc) is 3.19. The molecular weight excluding hydrogens is 391 g/mol. The summed E-state index contributed by atoms with van der Waals surface area (Å²) in [6, 6.07) is 6.82. The van der Waals surface area contributed by atoms with E-state index in [2.05, 4.69) is 11.9 Å². The summed E-state index contributed by atoms with van der Waals surface area (Å²) in [5.74, 6) is -1.48. The minimum absolute atomic E-state index is 0.320. The van der Waals surface area contributed by atoms with Gasteiger partial charge in [0.25, 0.3) is 5.60 Å². The molecule has 1 heterocycles. The summed E-state index contributed by atoms with van der Waals surface area (Å²) in [6.07, 6.45) is -0.223. The number of halogens is 3. The number of alkyl halides is 3. The molecule has 0 unspecified atom stereocenters. The van der Waals surface area contributed by atoms with Gasteiger partial charge in [0.1, 0.15) is 5.01 Å². The molecule has 2 rings (SSSR count). The second kappa shape index (κ2) is 10.0. The Morgan fingerprint density at radius 3 is 2.43 bits per heavy atom. The number of carbonyl (C=O) groups excluding carboxylic acids is 1. The van der Waals surface area contributed by atoms with Crippen LogP contribution in [-0.2, 0) is 19.9 Å². The first-order chi connectivity index (χ1) is 13.4. The standard InChI is InChI=1S/C20H24F3NO3S/c1-3-4-5-9-12-16(17-24-13-14-28-17)27-18(25)19(26-2,20(21,22)23)15-10-7-6-8-11-15/h6-8,10-11,13-14,16H,3-5,9,12H2,1-2H3/t16-,19-/m0/s1. The lowest BCUT2D eigenvalue weighted by Gasteiger charge is -2.33. The molecule has 0 aliphatic rings. The monoisotopic (exact) mass is 415 g/mol. The lowest BCUT2D eigenvalue weighted by atomic mass is 9.92. The normalized spacial score (nSPS) is 15.0. The predicted octanol–water partition coefficient (Wildman–Crippen LogP) is 5.80. The largest absolute Gasteiger partial charge is 0.452 e. The van der Waals surface area contributed by atoms with Gasteiger partial charge in [0.15, 0.2) is 6.10 Å². The third-order valence-electron chi connectivity index (χ3n) is 4.47. The lowest BCUT2D eigenvalue weighted by molar-refractivity contribution is -0.278. The molecule has 2 atom stereocenters. The van der Waals surface area contributed by atoms with E-state index in [0.29, 0.717) is 11.4 Å². The molecule has 0 spiro atoms. The van der Waals surface area contributed by atoms with Crippen LogP contribution in [0.5, 0.6) is 0 Å². The van der Waals surface area contributed by atoms with Crippen molar-refractivity contribution < 1.29 is 27.4 Å². The van der Waals surface area contributed by atoms with Crippen molar-refractivity contribution in [1.29, 1.82) is 0 Å². The van der Waals surface area contributed by atoms with Crippen LogP contribution in [0.3, 0.4) is 0 Å². The summed E-state index contributed by atoms with van der Waals surface area (Å²) in [4.78, 5) is 17.0. The van der Waals surface area contributed by atoms with Gasteiger partial charge in [-0.1, -0.05) is 56.5 Å². The number of unbranched alkanes of at least 4 members (excludes halogenated alkanes) is 3. The Labute approximate surface area is 166 Å². The number of carbonyl (C=O) groups is 1. The molecule has 0 bridgehead atoms. The molecule has 1 aromatic carbocycles. The second-order valence-corrected chi connectivity index (χ2v) is 7.29. The van der Waals surface area contributed by atoms with Crippen LogP contribution in [0.1, 0.15) is 55.7 Å². The van der Waals surface area contributed by atoms with E-state index >= 15 is 0 Å². The van der Waals surface area contributed by atoms with Gasteiger partial charge < -0.3 is 9.47 Å². The maximum absolute atomic E-state index is 14.0. The minimum Gasteiger partial charge on any atom is -0.452 e. The molecule has 0 saturated heterocycles. The first kappa shape index (κ1) is 22.4. The molecule has 0 radical (unpaired) electrons. The highest BCUT2D eigenvalue weighted by Crippen LogP contribution is 2.44. The van der Waals surface area contributed by atoms with Crippen molar-refractivity contribution in [2.24, 2.45) is 0 Å². The first-order valence-corrected chi connectivity index (χ1v) is 10.0. The van der Waals surface area contributed by atoms with Crippen molar-refractivity contribution in [3.63, 3.8) is 0 Å². The summed E-state index contributed by atoms with van der Waals surface area (Å²) < 4.78 is 52.2. The topological polar surface area (TPSA) is 48.4 Å². The summed E-state index contributed by atoms with van der Waals surface area (Å²) >= 11 is 1.25. The van der Waals surface area contributed by atoms with Gasteiger partial charge in [-0.05, 0) is 12.8 Å². The number of hydrogen-bond acceptors (Lipinski definition) is 5. The smallest absolute Gasteiger partial charge is 0.432 e. The average molecular weight is 415 g/mol. The molecule has 0 aliphatic heterocycles. The van der Waals surface area contributed by atoms with Crippen LogP contribution in [0, 0.1) is 0 Å². The van der Waals surface area contributed by atoms with E-state index in [4.69, 9.17) is 9.47 Å². The van der Waals surface area contributed by atoms with Crippen LogP contribution in [0.2, 0.25) is 0 Å². The van der Waals surface area contributed by atoms with Gasteiger partial charge in [0, 0.05) is 24.3 Å². The van der Waals surface area contributed by atoms with Crippen LogP contribution < -0.4 is 0 Å². The molecule has 4 nitrogen and oxygen atoms in total. The Bertz CT molecular complexity index is 722. The quantitative estimate of drug-likeness (QED) is 0.363. The SMILES string of the molecule is CCCCCC[C@H](OC(=O)[C@@](OC)(c1ccccc1)C(F)(F)F)c1nccs1. The Hall–Kier alpha value is -1.93. The maximum atomic E-state index is 14.0. The van der Waals surface area contributed by atoms with Crippen molar-refractivity contribution in [2.45, 2.75) is 56.9 Å². The molecule has 0 fully saturated rings. The van der Waals surface area contributed by atoms with Crippen molar-refractivity contribution in [1.82, 2.24) is 4.98 Å². The van der Waals surface area contributed by atoms with E-state index in [0.717, 1.165) is 32.8 Å². The molecule has 0 amide bonds. The number of esters is 1. The van der Waals surface area contributed by atoms with Crippen LogP contribution >= 0.6 is 11.3 Å².